The molecule has 338 valence electrons. The van der Waals surface area contributed by atoms with Crippen LogP contribution in [0.1, 0.15) is 80.4 Å². The lowest BCUT2D eigenvalue weighted by atomic mass is 10.0. The number of aliphatic hydroxyl groups is 2. The van der Waals surface area contributed by atoms with Crippen LogP contribution in [-0.4, -0.2) is 119 Å². The molecule has 1 aliphatic heterocycles. The molecule has 8 N–H and O–H groups in total. The molecule has 1 heterocycles. The zero-order chi connectivity index (χ0) is 45.7. The van der Waals surface area contributed by atoms with Gasteiger partial charge < -0.3 is 56.3 Å². The van der Waals surface area contributed by atoms with Crippen LogP contribution in [0.2, 0.25) is 0 Å². The number of carbonyl (C=O) groups is 6. The van der Waals surface area contributed by atoms with Crippen molar-refractivity contribution < 1.29 is 53.2 Å². The second kappa shape index (κ2) is 22.5. The summed E-state index contributed by atoms with van der Waals surface area (Å²) in [6, 6.07) is 13.7. The molecule has 0 aliphatic carbocycles. The van der Waals surface area contributed by atoms with Crippen molar-refractivity contribution in [2.24, 2.45) is 11.8 Å². The molecule has 0 saturated carbocycles. The van der Waals surface area contributed by atoms with Gasteiger partial charge in [0, 0.05) is 25.9 Å². The molecule has 1 saturated heterocycles. The largest absolute Gasteiger partial charge is 0.444 e. The average molecular weight is 855 g/mol. The quantitative estimate of drug-likeness (QED) is 0.108. The van der Waals surface area contributed by atoms with Gasteiger partial charge in [0.25, 0.3) is 0 Å². The van der Waals surface area contributed by atoms with E-state index in [0.29, 0.717) is 0 Å². The molecule has 0 bridgehead atoms. The van der Waals surface area contributed by atoms with Gasteiger partial charge in [-0.3, -0.25) is 19.2 Å². The minimum atomic E-state index is -1.46. The van der Waals surface area contributed by atoms with E-state index in [1.165, 1.54) is 0 Å². The Balaban J connectivity index is 1.69. The van der Waals surface area contributed by atoms with E-state index < -0.39 is 95.6 Å². The number of amides is 6. The summed E-state index contributed by atoms with van der Waals surface area (Å²) in [7, 11) is 0. The Bertz CT molecular complexity index is 1640. The van der Waals surface area contributed by atoms with Crippen molar-refractivity contribution in [2.45, 2.75) is 142 Å². The van der Waals surface area contributed by atoms with Gasteiger partial charge in [0.15, 0.2) is 0 Å². The van der Waals surface area contributed by atoms with Gasteiger partial charge in [-0.1, -0.05) is 88.4 Å². The van der Waals surface area contributed by atoms with Crippen molar-refractivity contribution in [3.05, 3.63) is 71.8 Å². The van der Waals surface area contributed by atoms with Gasteiger partial charge in [0.1, 0.15) is 59.8 Å². The SMILES string of the molecule is CC(C)[C@H](NC(=O)OC(C)(C)C)C(=O)N[C@@H](Cc1ccccc1)C(=O)NC[C@H]1O[C@H](CNC(=O)[C@H](Cc2ccccc2)NC(=O)[C@@H](NC(=O)OC(C)(C)C)C(C)C)[C@@H](O)[C@@H]1O. The lowest BCUT2D eigenvalue weighted by molar-refractivity contribution is -0.131. The lowest BCUT2D eigenvalue weighted by Crippen LogP contribution is -2.57. The molecule has 0 aromatic heterocycles. The highest BCUT2D eigenvalue weighted by Gasteiger charge is 2.43. The van der Waals surface area contributed by atoms with Gasteiger partial charge >= 0.3 is 12.2 Å². The third kappa shape index (κ3) is 17.0. The molecule has 17 nitrogen and oxygen atoms in total. The second-order valence-electron chi connectivity index (χ2n) is 17.9. The number of benzene rings is 2. The van der Waals surface area contributed by atoms with E-state index >= 15 is 0 Å². The smallest absolute Gasteiger partial charge is 0.408 e. The number of rotatable bonds is 18. The van der Waals surface area contributed by atoms with Crippen molar-refractivity contribution in [1.82, 2.24) is 31.9 Å². The van der Waals surface area contributed by atoms with E-state index in [1.54, 1.807) is 118 Å². The summed E-state index contributed by atoms with van der Waals surface area (Å²) in [6.45, 7) is 16.6. The van der Waals surface area contributed by atoms with Gasteiger partial charge in [-0.05, 0) is 64.5 Å². The summed E-state index contributed by atoms with van der Waals surface area (Å²) in [5.74, 6) is -3.17. The first-order chi connectivity index (χ1) is 28.4. The van der Waals surface area contributed by atoms with E-state index in [-0.39, 0.29) is 37.8 Å². The van der Waals surface area contributed by atoms with Crippen LogP contribution in [-0.2, 0) is 46.2 Å². The molecule has 1 fully saturated rings. The monoisotopic (exact) mass is 854 g/mol. The Hall–Kier alpha value is -5.26. The van der Waals surface area contributed by atoms with E-state index in [9.17, 15) is 39.0 Å². The first-order valence-corrected chi connectivity index (χ1v) is 20.7. The van der Waals surface area contributed by atoms with Crippen molar-refractivity contribution in [3.8, 4) is 0 Å². The van der Waals surface area contributed by atoms with E-state index in [4.69, 9.17) is 14.2 Å². The Kier molecular flexibility index (Phi) is 18.5. The van der Waals surface area contributed by atoms with Crippen molar-refractivity contribution in [2.75, 3.05) is 13.1 Å². The molecule has 6 amide bonds. The van der Waals surface area contributed by atoms with Crippen LogP contribution in [0.5, 0.6) is 0 Å². The molecule has 2 aromatic rings. The van der Waals surface area contributed by atoms with Crippen molar-refractivity contribution in [1.29, 1.82) is 0 Å². The summed E-state index contributed by atoms with van der Waals surface area (Å²) in [6.07, 6.45) is -6.50. The molecular formula is C44H66N6O11. The molecular weight excluding hydrogens is 789 g/mol. The van der Waals surface area contributed by atoms with Crippen LogP contribution >= 0.6 is 0 Å². The predicted octanol–water partition coefficient (Wildman–Crippen LogP) is 2.26. The molecule has 8 atom stereocenters. The second-order valence-corrected chi connectivity index (χ2v) is 17.9. The van der Waals surface area contributed by atoms with Crippen LogP contribution in [0.4, 0.5) is 9.59 Å². The molecule has 0 radical (unpaired) electrons. The highest BCUT2D eigenvalue weighted by Crippen LogP contribution is 2.21. The molecule has 0 spiro atoms. The first kappa shape index (κ1) is 50.1. The fraction of sp³-hybridized carbons (Fsp3) is 0.591. The number of ether oxygens (including phenoxy) is 3. The Morgan fingerprint density at radius 1 is 0.557 bits per heavy atom. The van der Waals surface area contributed by atoms with Crippen molar-refractivity contribution >= 4 is 35.8 Å². The molecule has 0 unspecified atom stereocenters. The van der Waals surface area contributed by atoms with Crippen LogP contribution in [0.3, 0.4) is 0 Å². The zero-order valence-corrected chi connectivity index (χ0v) is 36.9. The third-order valence-corrected chi connectivity index (χ3v) is 9.49. The summed E-state index contributed by atoms with van der Waals surface area (Å²) in [4.78, 5) is 79.6. The van der Waals surface area contributed by atoms with Crippen LogP contribution in [0.15, 0.2) is 60.7 Å². The molecule has 1 aliphatic rings. The van der Waals surface area contributed by atoms with Gasteiger partial charge in [0.2, 0.25) is 23.6 Å². The van der Waals surface area contributed by atoms with E-state index in [1.807, 2.05) is 12.1 Å². The molecule has 3 rings (SSSR count). The number of hydrogen-bond acceptors (Lipinski definition) is 11. The standard InChI is InChI=1S/C44H66N6O11/c1-25(2)33(49-41(57)60-43(5,6)7)39(55)47-29(21-27-17-13-11-14-18-27)37(53)45-23-31-35(51)36(52)32(59-31)24-46-38(54)30(22-28-19-15-12-16-20-28)48-40(56)34(26(3)4)50-42(58)61-44(8,9)10/h11-20,25-26,29-36,51-52H,21-24H2,1-10H3,(H,45,53)(H,46,54)(H,47,55)(H,48,56)(H,49,57)(H,50,58)/t29-,30-,31+,32+,33-,34-,35+,36+/m0/s1. The van der Waals surface area contributed by atoms with E-state index in [0.717, 1.165) is 11.1 Å². The highest BCUT2D eigenvalue weighted by atomic mass is 16.6. The number of aliphatic hydroxyl groups excluding tert-OH is 2. The number of carbonyl (C=O) groups excluding carboxylic acids is 6. The first-order valence-electron chi connectivity index (χ1n) is 20.7. The maximum atomic E-state index is 13.7. The van der Waals surface area contributed by atoms with Gasteiger partial charge in [-0.15, -0.1) is 0 Å². The summed E-state index contributed by atoms with van der Waals surface area (Å²) < 4.78 is 16.6. The minimum absolute atomic E-state index is 0.0939. The topological polar surface area (TPSA) is 243 Å². The normalized spacial score (nSPS) is 19.8. The zero-order valence-electron chi connectivity index (χ0n) is 36.9. The molecule has 2 aromatic carbocycles. The van der Waals surface area contributed by atoms with Crippen LogP contribution in [0.25, 0.3) is 0 Å². The Morgan fingerprint density at radius 3 is 1.18 bits per heavy atom. The lowest BCUT2D eigenvalue weighted by Gasteiger charge is -2.27. The number of hydrogen-bond donors (Lipinski definition) is 8. The number of nitrogens with one attached hydrogen (secondary N) is 6. The minimum Gasteiger partial charge on any atom is -0.444 e. The summed E-state index contributed by atoms with van der Waals surface area (Å²) >= 11 is 0. The van der Waals surface area contributed by atoms with Crippen LogP contribution in [0, 0.1) is 11.8 Å². The Morgan fingerprint density at radius 2 is 0.885 bits per heavy atom. The van der Waals surface area contributed by atoms with Crippen LogP contribution < -0.4 is 31.9 Å². The van der Waals surface area contributed by atoms with Gasteiger partial charge in [-0.2, -0.15) is 0 Å². The molecule has 17 heteroatoms. The fourth-order valence-corrected chi connectivity index (χ4v) is 6.39. The van der Waals surface area contributed by atoms with Crippen molar-refractivity contribution in [3.63, 3.8) is 0 Å². The fourth-order valence-electron chi connectivity index (χ4n) is 6.39. The number of alkyl carbamates (subject to hydrolysis) is 2. The molecule has 61 heavy (non-hydrogen) atoms. The third-order valence-electron chi connectivity index (χ3n) is 9.49. The summed E-state index contributed by atoms with van der Waals surface area (Å²) in [5.41, 5.74) is -0.111. The summed E-state index contributed by atoms with van der Waals surface area (Å²) in [5, 5.41) is 38.0. The van der Waals surface area contributed by atoms with E-state index in [2.05, 4.69) is 31.9 Å². The predicted molar refractivity (Wildman–Crippen MR) is 227 cm³/mol. The highest BCUT2D eigenvalue weighted by molar-refractivity contribution is 5.92. The maximum Gasteiger partial charge on any atom is 0.408 e. The Labute approximate surface area is 358 Å². The maximum absolute atomic E-state index is 13.7. The van der Waals surface area contributed by atoms with Gasteiger partial charge in [0.05, 0.1) is 0 Å². The average Bonchev–Trinajstić information content (AvgIpc) is 3.43. The van der Waals surface area contributed by atoms with Gasteiger partial charge in [-0.25, -0.2) is 9.59 Å².